The van der Waals surface area contributed by atoms with Gasteiger partial charge in [0.05, 0.1) is 5.54 Å². The third-order valence-electron chi connectivity index (χ3n) is 3.52. The maximum Gasteiger partial charge on any atom is 0.252 e. The second-order valence-corrected chi connectivity index (χ2v) is 5.40. The second kappa shape index (κ2) is 4.91. The van der Waals surface area contributed by atoms with Crippen LogP contribution in [0.15, 0.2) is 42.5 Å². The standard InChI is InChI=1S/C16H12ClFNO/c17-13-5-3-12(4-6-13)16(9-10-16)19-15(20)11-1-7-14(18)8-2-11/h1,3-8H,9-10H2,(H,19,20). The summed E-state index contributed by atoms with van der Waals surface area (Å²) in [5.41, 5.74) is 1.06. The van der Waals surface area contributed by atoms with Crippen molar-refractivity contribution in [2.24, 2.45) is 0 Å². The minimum atomic E-state index is -0.402. The van der Waals surface area contributed by atoms with E-state index in [1.54, 1.807) is 0 Å². The van der Waals surface area contributed by atoms with Gasteiger partial charge in [-0.1, -0.05) is 23.7 Å². The monoisotopic (exact) mass is 288 g/mol. The number of carbonyl (C=O) groups excluding carboxylic acids is 1. The summed E-state index contributed by atoms with van der Waals surface area (Å²) in [4.78, 5) is 12.2. The van der Waals surface area contributed by atoms with E-state index in [0.29, 0.717) is 10.6 Å². The van der Waals surface area contributed by atoms with Crippen molar-refractivity contribution in [1.82, 2.24) is 5.32 Å². The van der Waals surface area contributed by atoms with Crippen molar-refractivity contribution >= 4 is 17.5 Å². The molecule has 20 heavy (non-hydrogen) atoms. The van der Waals surface area contributed by atoms with Crippen LogP contribution in [0.5, 0.6) is 0 Å². The van der Waals surface area contributed by atoms with Crippen LogP contribution in [0.1, 0.15) is 28.8 Å². The second-order valence-electron chi connectivity index (χ2n) is 4.96. The topological polar surface area (TPSA) is 29.1 Å². The van der Waals surface area contributed by atoms with E-state index in [4.69, 9.17) is 11.6 Å². The molecule has 0 aromatic heterocycles. The highest BCUT2D eigenvalue weighted by Gasteiger charge is 2.45. The van der Waals surface area contributed by atoms with Crippen molar-refractivity contribution in [2.75, 3.05) is 0 Å². The van der Waals surface area contributed by atoms with E-state index in [1.165, 1.54) is 12.1 Å². The molecule has 1 radical (unpaired) electrons. The third kappa shape index (κ3) is 2.54. The van der Waals surface area contributed by atoms with Crippen LogP contribution in [-0.2, 0) is 5.54 Å². The van der Waals surface area contributed by atoms with E-state index in [-0.39, 0.29) is 11.4 Å². The van der Waals surface area contributed by atoms with Gasteiger partial charge in [-0.3, -0.25) is 4.79 Å². The largest absolute Gasteiger partial charge is 0.343 e. The van der Waals surface area contributed by atoms with Crippen molar-refractivity contribution in [2.45, 2.75) is 18.4 Å². The molecular formula is C16H12ClFNO. The molecule has 3 rings (SSSR count). The number of hydrogen-bond donors (Lipinski definition) is 1. The van der Waals surface area contributed by atoms with Crippen LogP contribution < -0.4 is 5.32 Å². The van der Waals surface area contributed by atoms with Crippen LogP contribution in [0.3, 0.4) is 0 Å². The van der Waals surface area contributed by atoms with Crippen molar-refractivity contribution in [3.05, 3.63) is 70.5 Å². The molecule has 0 unspecified atom stereocenters. The molecular weight excluding hydrogens is 277 g/mol. The number of amides is 1. The van der Waals surface area contributed by atoms with E-state index in [1.807, 2.05) is 24.3 Å². The van der Waals surface area contributed by atoms with Crippen LogP contribution in [0.4, 0.5) is 4.39 Å². The first-order chi connectivity index (χ1) is 9.59. The fourth-order valence-corrected chi connectivity index (χ4v) is 2.34. The molecule has 2 aromatic carbocycles. The summed E-state index contributed by atoms with van der Waals surface area (Å²) in [6, 6.07) is 14.0. The lowest BCUT2D eigenvalue weighted by molar-refractivity contribution is 0.0930. The lowest BCUT2D eigenvalue weighted by Gasteiger charge is -2.18. The first-order valence-electron chi connectivity index (χ1n) is 6.35. The van der Waals surface area contributed by atoms with Gasteiger partial charge in [0, 0.05) is 10.6 Å². The summed E-state index contributed by atoms with van der Waals surface area (Å²) in [7, 11) is 0. The Balaban J connectivity index is 1.78. The van der Waals surface area contributed by atoms with E-state index in [9.17, 15) is 9.18 Å². The Morgan fingerprint density at radius 1 is 1.20 bits per heavy atom. The van der Waals surface area contributed by atoms with Crippen molar-refractivity contribution in [3.63, 3.8) is 0 Å². The van der Waals surface area contributed by atoms with Crippen LogP contribution in [0, 0.1) is 11.9 Å². The lowest BCUT2D eigenvalue weighted by atomic mass is 10.0. The molecule has 2 nitrogen and oxygen atoms in total. The van der Waals surface area contributed by atoms with Crippen molar-refractivity contribution < 1.29 is 9.18 Å². The SMILES string of the molecule is O=C(NC1(c2ccc(Cl)cc2)CC1)c1[c]cc(F)cc1. The van der Waals surface area contributed by atoms with Crippen LogP contribution in [0.25, 0.3) is 0 Å². The van der Waals surface area contributed by atoms with Crippen molar-refractivity contribution in [1.29, 1.82) is 0 Å². The van der Waals surface area contributed by atoms with E-state index >= 15 is 0 Å². The van der Waals surface area contributed by atoms with Gasteiger partial charge in [0.15, 0.2) is 0 Å². The van der Waals surface area contributed by atoms with Gasteiger partial charge in [0.2, 0.25) is 0 Å². The molecule has 1 N–H and O–H groups in total. The molecule has 0 aliphatic heterocycles. The van der Waals surface area contributed by atoms with Crippen molar-refractivity contribution in [3.8, 4) is 0 Å². The third-order valence-corrected chi connectivity index (χ3v) is 3.77. The predicted molar refractivity (Wildman–Crippen MR) is 75.1 cm³/mol. The van der Waals surface area contributed by atoms with Gasteiger partial charge in [-0.2, -0.15) is 0 Å². The zero-order valence-corrected chi connectivity index (χ0v) is 11.4. The Morgan fingerprint density at radius 3 is 2.45 bits per heavy atom. The number of carbonyl (C=O) groups is 1. The number of nitrogens with one attached hydrogen (secondary N) is 1. The van der Waals surface area contributed by atoms with E-state index in [0.717, 1.165) is 24.5 Å². The van der Waals surface area contributed by atoms with Gasteiger partial charge in [-0.25, -0.2) is 4.39 Å². The molecule has 1 amide bonds. The van der Waals surface area contributed by atoms with Gasteiger partial charge < -0.3 is 5.32 Å². The van der Waals surface area contributed by atoms with Crippen LogP contribution in [-0.4, -0.2) is 5.91 Å². The number of rotatable bonds is 3. The molecule has 101 valence electrons. The zero-order valence-electron chi connectivity index (χ0n) is 10.6. The Labute approximate surface area is 121 Å². The lowest BCUT2D eigenvalue weighted by Crippen LogP contribution is -2.34. The van der Waals surface area contributed by atoms with Gasteiger partial charge in [0.1, 0.15) is 5.82 Å². The van der Waals surface area contributed by atoms with Gasteiger partial charge in [0.25, 0.3) is 5.91 Å². The molecule has 1 fully saturated rings. The smallest absolute Gasteiger partial charge is 0.252 e. The maximum atomic E-state index is 12.8. The first kappa shape index (κ1) is 13.1. The quantitative estimate of drug-likeness (QED) is 0.917. The average molecular weight is 289 g/mol. The molecule has 0 saturated heterocycles. The zero-order chi connectivity index (χ0) is 14.2. The molecule has 0 bridgehead atoms. The van der Waals surface area contributed by atoms with Crippen LogP contribution in [0.2, 0.25) is 5.02 Å². The summed E-state index contributed by atoms with van der Waals surface area (Å²) in [6.45, 7) is 0. The molecule has 0 heterocycles. The van der Waals surface area contributed by atoms with Crippen LogP contribution >= 0.6 is 11.6 Å². The number of halogens is 2. The predicted octanol–water partition coefficient (Wildman–Crippen LogP) is 3.70. The average Bonchev–Trinajstić information content (AvgIpc) is 3.21. The normalized spacial score (nSPS) is 15.7. The molecule has 0 spiro atoms. The first-order valence-corrected chi connectivity index (χ1v) is 6.73. The molecule has 1 aliphatic carbocycles. The van der Waals surface area contributed by atoms with E-state index < -0.39 is 5.82 Å². The molecule has 1 saturated carbocycles. The minimum absolute atomic E-state index is 0.238. The summed E-state index contributed by atoms with van der Waals surface area (Å²) < 4.78 is 12.8. The fraction of sp³-hybridized carbons (Fsp3) is 0.188. The number of hydrogen-bond acceptors (Lipinski definition) is 1. The highest BCUT2D eigenvalue weighted by molar-refractivity contribution is 6.30. The van der Waals surface area contributed by atoms with Gasteiger partial charge in [-0.15, -0.1) is 0 Å². The van der Waals surface area contributed by atoms with Gasteiger partial charge in [-0.05, 0) is 54.8 Å². The highest BCUT2D eigenvalue weighted by atomic mass is 35.5. The molecule has 0 atom stereocenters. The Morgan fingerprint density at radius 2 is 1.90 bits per heavy atom. The molecule has 4 heteroatoms. The Bertz CT molecular complexity index is 633. The Hall–Kier alpha value is -1.87. The summed E-state index contributed by atoms with van der Waals surface area (Å²) in [5.74, 6) is -0.641. The maximum absolute atomic E-state index is 12.8. The van der Waals surface area contributed by atoms with E-state index in [2.05, 4.69) is 11.4 Å². The minimum Gasteiger partial charge on any atom is -0.343 e. The summed E-state index contributed by atoms with van der Waals surface area (Å²) in [5, 5.41) is 3.67. The number of benzene rings is 2. The fourth-order valence-electron chi connectivity index (χ4n) is 2.21. The summed E-state index contributed by atoms with van der Waals surface area (Å²) >= 11 is 5.87. The summed E-state index contributed by atoms with van der Waals surface area (Å²) in [6.07, 6.45) is 1.78. The molecule has 2 aromatic rings. The van der Waals surface area contributed by atoms with Gasteiger partial charge >= 0.3 is 0 Å². The Kier molecular flexibility index (Phi) is 3.22. The highest BCUT2D eigenvalue weighted by Crippen LogP contribution is 2.45. The molecule has 1 aliphatic rings.